The van der Waals surface area contributed by atoms with E-state index in [0.717, 1.165) is 29.7 Å². The van der Waals surface area contributed by atoms with Crippen molar-refractivity contribution in [3.05, 3.63) is 68.2 Å². The van der Waals surface area contributed by atoms with E-state index in [0.29, 0.717) is 43.8 Å². The zero-order valence-corrected chi connectivity index (χ0v) is 19.6. The summed E-state index contributed by atoms with van der Waals surface area (Å²) >= 11 is 6.03. The van der Waals surface area contributed by atoms with Crippen molar-refractivity contribution in [1.82, 2.24) is 4.90 Å². The van der Waals surface area contributed by atoms with Crippen LogP contribution in [0, 0.1) is 10.1 Å². The van der Waals surface area contributed by atoms with E-state index >= 15 is 0 Å². The van der Waals surface area contributed by atoms with Gasteiger partial charge in [-0.15, -0.1) is 0 Å². The molecule has 35 heavy (non-hydrogen) atoms. The minimum absolute atomic E-state index is 0.0109. The van der Waals surface area contributed by atoms with E-state index in [9.17, 15) is 28.1 Å². The van der Waals surface area contributed by atoms with E-state index < -0.39 is 22.4 Å². The summed E-state index contributed by atoms with van der Waals surface area (Å²) < 4.78 is 45.5. The van der Waals surface area contributed by atoms with Crippen molar-refractivity contribution in [3.8, 4) is 0 Å². The fraction of sp³-hybridized carbons (Fsp3) is 0.458. The highest BCUT2D eigenvalue weighted by Gasteiger charge is 2.38. The molecule has 188 valence electrons. The van der Waals surface area contributed by atoms with Crippen molar-refractivity contribution < 1.29 is 27.6 Å². The standard InChI is InChI=1S/C24H25ClF3N3O4/c25-17-2-1-16-13-30(10-9-15(16)11-17)23(32)14-35-20-6-3-18(4-7-20)29-19-5-8-22(31(33)34)21(12-19)24(26,27)28/h1-2,5,8,11-12,18,20,29H,3-4,6-7,9-10,13-14H2/t18-,20-. The molecule has 7 nitrogen and oxygen atoms in total. The van der Waals surface area contributed by atoms with Gasteiger partial charge >= 0.3 is 6.18 Å². The van der Waals surface area contributed by atoms with E-state index in [4.69, 9.17) is 16.3 Å². The quantitative estimate of drug-likeness (QED) is 0.403. The number of carbonyl (C=O) groups excluding carboxylic acids is 1. The molecule has 1 N–H and O–H groups in total. The Morgan fingerprint density at radius 2 is 1.89 bits per heavy atom. The number of hydrogen-bond donors (Lipinski definition) is 1. The van der Waals surface area contributed by atoms with Crippen molar-refractivity contribution in [2.24, 2.45) is 0 Å². The van der Waals surface area contributed by atoms with Gasteiger partial charge in [-0.25, -0.2) is 0 Å². The van der Waals surface area contributed by atoms with Crippen LogP contribution in [0.2, 0.25) is 5.02 Å². The molecule has 0 spiro atoms. The van der Waals surface area contributed by atoms with Gasteiger partial charge in [0, 0.05) is 35.9 Å². The van der Waals surface area contributed by atoms with Crippen LogP contribution in [0.25, 0.3) is 0 Å². The SMILES string of the molecule is O=C(CO[C@H]1CC[C@H](Nc2ccc([N+](=O)[O-])c(C(F)(F)F)c2)CC1)N1CCc2cc(Cl)ccc2C1. The second-order valence-corrected chi connectivity index (χ2v) is 9.33. The number of nitrogens with zero attached hydrogens (tertiary/aromatic N) is 2. The maximum Gasteiger partial charge on any atom is 0.423 e. The first-order valence-corrected chi connectivity index (χ1v) is 11.8. The number of benzene rings is 2. The molecule has 0 unspecified atom stereocenters. The smallest absolute Gasteiger partial charge is 0.382 e. The molecule has 1 heterocycles. The van der Waals surface area contributed by atoms with E-state index in [2.05, 4.69) is 5.32 Å². The Balaban J connectivity index is 1.25. The van der Waals surface area contributed by atoms with Gasteiger partial charge < -0.3 is 15.0 Å². The number of ether oxygens (including phenoxy) is 1. The zero-order chi connectivity index (χ0) is 25.2. The molecule has 0 atom stereocenters. The molecule has 1 fully saturated rings. The van der Waals surface area contributed by atoms with Crippen LogP contribution in [-0.2, 0) is 28.7 Å². The molecule has 1 saturated carbocycles. The van der Waals surface area contributed by atoms with Crippen LogP contribution in [0.3, 0.4) is 0 Å². The lowest BCUT2D eigenvalue weighted by molar-refractivity contribution is -0.388. The molecule has 0 radical (unpaired) electrons. The molecule has 2 aromatic rings. The summed E-state index contributed by atoms with van der Waals surface area (Å²) in [5, 5.41) is 14.7. The lowest BCUT2D eigenvalue weighted by atomic mass is 9.92. The third-order valence-corrected chi connectivity index (χ3v) is 6.75. The molecule has 1 amide bonds. The second-order valence-electron chi connectivity index (χ2n) is 8.89. The molecule has 11 heteroatoms. The maximum absolute atomic E-state index is 13.2. The van der Waals surface area contributed by atoms with Crippen molar-refractivity contribution in [2.45, 2.75) is 57.0 Å². The number of nitro benzene ring substituents is 1. The van der Waals surface area contributed by atoms with Gasteiger partial charge in [0.2, 0.25) is 5.91 Å². The fourth-order valence-electron chi connectivity index (χ4n) is 4.64. The summed E-state index contributed by atoms with van der Waals surface area (Å²) in [4.78, 5) is 24.3. The summed E-state index contributed by atoms with van der Waals surface area (Å²) in [5.74, 6) is -0.0728. The summed E-state index contributed by atoms with van der Waals surface area (Å²) in [5.41, 5.74) is 0.190. The van der Waals surface area contributed by atoms with E-state index in [-0.39, 0.29) is 30.3 Å². The Hall–Kier alpha value is -2.85. The normalized spacial score (nSPS) is 20.3. The number of fused-ring (bicyclic) bond motifs is 1. The first kappa shape index (κ1) is 25.2. The van der Waals surface area contributed by atoms with Gasteiger partial charge in [-0.05, 0) is 67.5 Å². The molecular weight excluding hydrogens is 487 g/mol. The highest BCUT2D eigenvalue weighted by molar-refractivity contribution is 6.30. The maximum atomic E-state index is 13.2. The van der Waals surface area contributed by atoms with Gasteiger partial charge in [0.15, 0.2) is 0 Å². The van der Waals surface area contributed by atoms with Gasteiger partial charge in [0.1, 0.15) is 12.2 Å². The van der Waals surface area contributed by atoms with Gasteiger partial charge in [0.05, 0.1) is 11.0 Å². The van der Waals surface area contributed by atoms with Crippen LogP contribution in [-0.4, -0.2) is 41.0 Å². The molecule has 2 aromatic carbocycles. The van der Waals surface area contributed by atoms with Crippen LogP contribution in [0.5, 0.6) is 0 Å². The molecule has 0 bridgehead atoms. The largest absolute Gasteiger partial charge is 0.423 e. The highest BCUT2D eigenvalue weighted by Crippen LogP contribution is 2.38. The van der Waals surface area contributed by atoms with Gasteiger partial charge in [-0.3, -0.25) is 14.9 Å². The van der Waals surface area contributed by atoms with Gasteiger partial charge in [-0.1, -0.05) is 17.7 Å². The third-order valence-electron chi connectivity index (χ3n) is 6.52. The zero-order valence-electron chi connectivity index (χ0n) is 18.8. The predicted molar refractivity (Wildman–Crippen MR) is 124 cm³/mol. The molecule has 0 aromatic heterocycles. The molecular formula is C24H25ClF3N3O4. The predicted octanol–water partition coefficient (Wildman–Crippen LogP) is 5.59. The number of halogens is 4. The number of rotatable bonds is 6. The van der Waals surface area contributed by atoms with E-state index in [1.807, 2.05) is 18.2 Å². The van der Waals surface area contributed by atoms with Gasteiger partial charge in [-0.2, -0.15) is 13.2 Å². The summed E-state index contributed by atoms with van der Waals surface area (Å²) in [6.07, 6.45) is -1.56. The first-order chi connectivity index (χ1) is 16.6. The molecule has 2 aliphatic rings. The van der Waals surface area contributed by atoms with E-state index in [1.165, 1.54) is 6.07 Å². The monoisotopic (exact) mass is 511 g/mol. The van der Waals surface area contributed by atoms with Crippen LogP contribution < -0.4 is 5.32 Å². The minimum Gasteiger partial charge on any atom is -0.382 e. The second kappa shape index (κ2) is 10.4. The minimum atomic E-state index is -4.82. The van der Waals surface area contributed by atoms with Crippen LogP contribution in [0.15, 0.2) is 36.4 Å². The van der Waals surface area contributed by atoms with Crippen molar-refractivity contribution in [3.63, 3.8) is 0 Å². The number of nitrogens with one attached hydrogen (secondary N) is 1. The molecule has 1 aliphatic heterocycles. The Bertz CT molecular complexity index is 1100. The number of alkyl halides is 3. The topological polar surface area (TPSA) is 84.7 Å². The summed E-state index contributed by atoms with van der Waals surface area (Å²) in [7, 11) is 0. The number of amides is 1. The fourth-order valence-corrected chi connectivity index (χ4v) is 4.83. The van der Waals surface area contributed by atoms with Gasteiger partial charge in [0.25, 0.3) is 5.69 Å². The third kappa shape index (κ3) is 6.24. The number of hydrogen-bond acceptors (Lipinski definition) is 5. The van der Waals surface area contributed by atoms with Crippen molar-refractivity contribution >= 4 is 28.9 Å². The van der Waals surface area contributed by atoms with Crippen LogP contribution >= 0.6 is 11.6 Å². The Kier molecular flexibility index (Phi) is 7.51. The Labute approximate surface area is 205 Å². The highest BCUT2D eigenvalue weighted by atomic mass is 35.5. The number of carbonyl (C=O) groups is 1. The van der Waals surface area contributed by atoms with Crippen molar-refractivity contribution in [1.29, 1.82) is 0 Å². The van der Waals surface area contributed by atoms with Crippen LogP contribution in [0.4, 0.5) is 24.5 Å². The average Bonchev–Trinajstić information content (AvgIpc) is 2.82. The lowest BCUT2D eigenvalue weighted by Crippen LogP contribution is -2.39. The Morgan fingerprint density at radius 3 is 2.57 bits per heavy atom. The summed E-state index contributed by atoms with van der Waals surface area (Å²) in [6.45, 7) is 1.13. The van der Waals surface area contributed by atoms with Crippen LogP contribution in [0.1, 0.15) is 42.4 Å². The molecule has 1 aliphatic carbocycles. The number of anilines is 1. The first-order valence-electron chi connectivity index (χ1n) is 11.4. The summed E-state index contributed by atoms with van der Waals surface area (Å²) in [6, 6.07) is 8.55. The van der Waals surface area contributed by atoms with Crippen molar-refractivity contribution in [2.75, 3.05) is 18.5 Å². The Morgan fingerprint density at radius 1 is 1.14 bits per heavy atom. The number of nitro groups is 1. The average molecular weight is 512 g/mol. The molecule has 0 saturated heterocycles. The molecule has 4 rings (SSSR count). The van der Waals surface area contributed by atoms with E-state index in [1.54, 1.807) is 4.90 Å². The lowest BCUT2D eigenvalue weighted by Gasteiger charge is -2.32.